The third kappa shape index (κ3) is 3.47. The number of nitrogens with zero attached hydrogens (tertiary/aromatic N) is 1. The average molecular weight is 365 g/mol. The maximum atomic E-state index is 12.8. The molecule has 6 heteroatoms. The molecule has 0 radical (unpaired) electrons. The summed E-state index contributed by atoms with van der Waals surface area (Å²) < 4.78 is 5.27. The zero-order chi connectivity index (χ0) is 18.8. The number of benzene rings is 2. The smallest absolute Gasteiger partial charge is 0.228 e. The molecule has 4 rings (SSSR count). The first-order chi connectivity index (χ1) is 13.2. The molecule has 2 heterocycles. The van der Waals surface area contributed by atoms with E-state index >= 15 is 0 Å². The minimum Gasteiger partial charge on any atom is -0.497 e. The zero-order valence-corrected chi connectivity index (χ0v) is 15.3. The van der Waals surface area contributed by atoms with Crippen LogP contribution in [0.3, 0.4) is 0 Å². The molecule has 27 heavy (non-hydrogen) atoms. The molecule has 6 nitrogen and oxygen atoms in total. The number of nitrogens with one attached hydrogen (secondary N) is 2. The SMILES string of the molecule is COc1ccc2c(c1)[C@H](C(=O)NCCN1CCc3ccccc31)CC(=O)N2. The predicted octanol–water partition coefficient (Wildman–Crippen LogP) is 2.30. The van der Waals surface area contributed by atoms with Crippen molar-refractivity contribution >= 4 is 23.2 Å². The number of amides is 2. The Balaban J connectivity index is 1.41. The number of carbonyl (C=O) groups is 2. The number of hydrogen-bond donors (Lipinski definition) is 2. The third-order valence-electron chi connectivity index (χ3n) is 5.28. The van der Waals surface area contributed by atoms with Gasteiger partial charge in [-0.3, -0.25) is 9.59 Å². The van der Waals surface area contributed by atoms with Gasteiger partial charge in [0.05, 0.1) is 13.0 Å². The molecule has 0 aliphatic carbocycles. The maximum absolute atomic E-state index is 12.8. The van der Waals surface area contributed by atoms with Gasteiger partial charge in [0.2, 0.25) is 11.8 Å². The number of anilines is 2. The van der Waals surface area contributed by atoms with Crippen molar-refractivity contribution in [2.75, 3.05) is 37.0 Å². The third-order valence-corrected chi connectivity index (χ3v) is 5.28. The fraction of sp³-hybridized carbons (Fsp3) is 0.333. The van der Waals surface area contributed by atoms with Gasteiger partial charge in [0.15, 0.2) is 0 Å². The summed E-state index contributed by atoms with van der Waals surface area (Å²) in [7, 11) is 1.59. The molecule has 0 saturated heterocycles. The summed E-state index contributed by atoms with van der Waals surface area (Å²) in [5.74, 6) is -0.0702. The van der Waals surface area contributed by atoms with Crippen LogP contribution in [0.1, 0.15) is 23.5 Å². The Kier molecular flexibility index (Phi) is 4.71. The Morgan fingerprint density at radius 2 is 2.15 bits per heavy atom. The lowest BCUT2D eigenvalue weighted by Gasteiger charge is -2.26. The molecule has 0 unspecified atom stereocenters. The van der Waals surface area contributed by atoms with Crippen molar-refractivity contribution in [2.45, 2.75) is 18.8 Å². The fourth-order valence-corrected chi connectivity index (χ4v) is 3.88. The van der Waals surface area contributed by atoms with E-state index in [0.717, 1.165) is 25.1 Å². The lowest BCUT2D eigenvalue weighted by Crippen LogP contribution is -2.39. The number of methoxy groups -OCH3 is 1. The van der Waals surface area contributed by atoms with Gasteiger partial charge in [0, 0.05) is 37.4 Å². The number of hydrogen-bond acceptors (Lipinski definition) is 4. The molecule has 2 aliphatic rings. The normalized spacial score (nSPS) is 17.7. The number of para-hydroxylation sites is 1. The van der Waals surface area contributed by atoms with E-state index < -0.39 is 5.92 Å². The average Bonchev–Trinajstić information content (AvgIpc) is 3.10. The summed E-state index contributed by atoms with van der Waals surface area (Å²) in [5, 5.41) is 5.83. The van der Waals surface area contributed by atoms with Crippen LogP contribution in [0.2, 0.25) is 0 Å². The molecular weight excluding hydrogens is 342 g/mol. The van der Waals surface area contributed by atoms with E-state index in [4.69, 9.17) is 4.74 Å². The van der Waals surface area contributed by atoms with Crippen molar-refractivity contribution in [2.24, 2.45) is 0 Å². The van der Waals surface area contributed by atoms with Crippen molar-refractivity contribution in [3.8, 4) is 5.75 Å². The first kappa shape index (κ1) is 17.4. The van der Waals surface area contributed by atoms with Gasteiger partial charge >= 0.3 is 0 Å². The van der Waals surface area contributed by atoms with Crippen LogP contribution in [-0.4, -0.2) is 38.6 Å². The zero-order valence-electron chi connectivity index (χ0n) is 15.3. The van der Waals surface area contributed by atoms with Gasteiger partial charge in [-0.05, 0) is 41.8 Å². The highest BCUT2D eigenvalue weighted by atomic mass is 16.5. The van der Waals surface area contributed by atoms with Crippen LogP contribution in [-0.2, 0) is 16.0 Å². The standard InChI is InChI=1S/C21H23N3O3/c1-27-15-6-7-18-16(12-15)17(13-20(25)23-18)21(26)22-9-11-24-10-8-14-4-2-3-5-19(14)24/h2-7,12,17H,8-11,13H2,1H3,(H,22,26)(H,23,25)/t17-/m1/s1. The van der Waals surface area contributed by atoms with E-state index in [1.807, 2.05) is 12.1 Å². The molecule has 2 aromatic rings. The molecular formula is C21H23N3O3. The van der Waals surface area contributed by atoms with E-state index in [9.17, 15) is 9.59 Å². The van der Waals surface area contributed by atoms with E-state index in [0.29, 0.717) is 18.0 Å². The van der Waals surface area contributed by atoms with Crippen LogP contribution in [0, 0.1) is 0 Å². The van der Waals surface area contributed by atoms with Gasteiger partial charge in [0.25, 0.3) is 0 Å². The highest BCUT2D eigenvalue weighted by molar-refractivity contribution is 6.01. The van der Waals surface area contributed by atoms with Crippen LogP contribution < -0.4 is 20.3 Å². The van der Waals surface area contributed by atoms with E-state index in [-0.39, 0.29) is 18.2 Å². The summed E-state index contributed by atoms with van der Waals surface area (Å²) in [4.78, 5) is 27.1. The molecule has 0 bridgehead atoms. The van der Waals surface area contributed by atoms with Crippen molar-refractivity contribution in [1.82, 2.24) is 5.32 Å². The Labute approximate surface area is 158 Å². The molecule has 0 saturated carbocycles. The highest BCUT2D eigenvalue weighted by Crippen LogP contribution is 2.35. The van der Waals surface area contributed by atoms with Crippen molar-refractivity contribution < 1.29 is 14.3 Å². The Morgan fingerprint density at radius 1 is 1.30 bits per heavy atom. The second-order valence-electron chi connectivity index (χ2n) is 6.91. The molecule has 0 spiro atoms. The van der Waals surface area contributed by atoms with E-state index in [1.165, 1.54) is 11.3 Å². The molecule has 140 valence electrons. The lowest BCUT2D eigenvalue weighted by molar-refractivity contribution is -0.126. The molecule has 2 amide bonds. The first-order valence-corrected chi connectivity index (χ1v) is 9.24. The van der Waals surface area contributed by atoms with Crippen LogP contribution >= 0.6 is 0 Å². The van der Waals surface area contributed by atoms with E-state index in [1.54, 1.807) is 19.2 Å². The predicted molar refractivity (Wildman–Crippen MR) is 104 cm³/mol. The van der Waals surface area contributed by atoms with Gasteiger partial charge in [-0.1, -0.05) is 18.2 Å². The van der Waals surface area contributed by atoms with Crippen LogP contribution in [0.15, 0.2) is 42.5 Å². The molecule has 2 N–H and O–H groups in total. The van der Waals surface area contributed by atoms with Crippen molar-refractivity contribution in [1.29, 1.82) is 0 Å². The second kappa shape index (κ2) is 7.31. The lowest BCUT2D eigenvalue weighted by atomic mass is 9.89. The number of rotatable bonds is 5. The second-order valence-corrected chi connectivity index (χ2v) is 6.91. The van der Waals surface area contributed by atoms with Gasteiger partial charge in [-0.15, -0.1) is 0 Å². The largest absolute Gasteiger partial charge is 0.497 e. The summed E-state index contributed by atoms with van der Waals surface area (Å²) in [6.45, 7) is 2.28. The maximum Gasteiger partial charge on any atom is 0.228 e. The fourth-order valence-electron chi connectivity index (χ4n) is 3.88. The Bertz CT molecular complexity index is 881. The van der Waals surface area contributed by atoms with Crippen molar-refractivity contribution in [3.05, 3.63) is 53.6 Å². The number of carbonyl (C=O) groups excluding carboxylic acids is 2. The summed E-state index contributed by atoms with van der Waals surface area (Å²) in [6.07, 6.45) is 1.19. The van der Waals surface area contributed by atoms with Crippen LogP contribution in [0.25, 0.3) is 0 Å². The molecule has 0 fully saturated rings. The van der Waals surface area contributed by atoms with Crippen LogP contribution in [0.5, 0.6) is 5.75 Å². The Morgan fingerprint density at radius 3 is 3.00 bits per heavy atom. The van der Waals surface area contributed by atoms with E-state index in [2.05, 4.69) is 33.7 Å². The number of ether oxygens (including phenoxy) is 1. The summed E-state index contributed by atoms with van der Waals surface area (Å²) >= 11 is 0. The quantitative estimate of drug-likeness (QED) is 0.853. The molecule has 0 aromatic heterocycles. The van der Waals surface area contributed by atoms with Gasteiger partial charge < -0.3 is 20.3 Å². The molecule has 2 aliphatic heterocycles. The number of fused-ring (bicyclic) bond motifs is 2. The molecule has 1 atom stereocenters. The summed E-state index contributed by atoms with van der Waals surface area (Å²) in [6, 6.07) is 13.8. The molecule has 2 aromatic carbocycles. The van der Waals surface area contributed by atoms with Gasteiger partial charge in [0.1, 0.15) is 5.75 Å². The van der Waals surface area contributed by atoms with Gasteiger partial charge in [-0.2, -0.15) is 0 Å². The monoisotopic (exact) mass is 365 g/mol. The topological polar surface area (TPSA) is 70.7 Å². The van der Waals surface area contributed by atoms with Crippen LogP contribution in [0.4, 0.5) is 11.4 Å². The highest BCUT2D eigenvalue weighted by Gasteiger charge is 2.31. The Hall–Kier alpha value is -3.02. The minimum atomic E-state index is -0.491. The van der Waals surface area contributed by atoms with Gasteiger partial charge in [-0.25, -0.2) is 0 Å². The first-order valence-electron chi connectivity index (χ1n) is 9.24. The summed E-state index contributed by atoms with van der Waals surface area (Å²) in [5.41, 5.74) is 4.09. The van der Waals surface area contributed by atoms with Crippen molar-refractivity contribution in [3.63, 3.8) is 0 Å². The minimum absolute atomic E-state index is 0.119.